The van der Waals surface area contributed by atoms with Crippen molar-refractivity contribution in [1.29, 1.82) is 0 Å². The van der Waals surface area contributed by atoms with Gasteiger partial charge in [-0.3, -0.25) is 33.9 Å². The van der Waals surface area contributed by atoms with Crippen LogP contribution in [0, 0.1) is 12.8 Å². The molecule has 8 bridgehead atoms. The van der Waals surface area contributed by atoms with Crippen molar-refractivity contribution < 1.29 is 28.0 Å². The summed E-state index contributed by atoms with van der Waals surface area (Å²) < 4.78 is 33.1. The van der Waals surface area contributed by atoms with E-state index in [1.807, 2.05) is 25.1 Å². The molecule has 6 aliphatic heterocycles. The molecule has 2 atom stereocenters. The number of nitrogens with one attached hydrogen (secondary N) is 3. The quantitative estimate of drug-likeness (QED) is 0.196. The van der Waals surface area contributed by atoms with E-state index in [-0.39, 0.29) is 73.2 Å². The molecule has 4 amide bonds. The summed E-state index contributed by atoms with van der Waals surface area (Å²) in [5, 5.41) is 9.78. The van der Waals surface area contributed by atoms with Crippen molar-refractivity contribution in [3.8, 4) is 0 Å². The summed E-state index contributed by atoms with van der Waals surface area (Å²) in [6.45, 7) is 7.99. The van der Waals surface area contributed by atoms with Crippen LogP contribution in [0.2, 0.25) is 0 Å². The monoisotopic (exact) mass is 877 g/mol. The van der Waals surface area contributed by atoms with Crippen LogP contribution in [0.25, 0.3) is 11.0 Å². The van der Waals surface area contributed by atoms with Crippen LogP contribution in [0.15, 0.2) is 53.3 Å². The van der Waals surface area contributed by atoms with E-state index in [2.05, 4.69) is 20.9 Å². The van der Waals surface area contributed by atoms with Crippen molar-refractivity contribution >= 4 is 46.2 Å². The molecule has 0 radical (unpaired) electrons. The zero-order chi connectivity index (χ0) is 44.7. The minimum absolute atomic E-state index is 0.000486. The molecule has 4 aromatic rings. The van der Waals surface area contributed by atoms with E-state index in [0.29, 0.717) is 95.4 Å². The van der Waals surface area contributed by atoms with Crippen molar-refractivity contribution in [2.75, 3.05) is 49.9 Å². The van der Waals surface area contributed by atoms with Gasteiger partial charge in [-0.1, -0.05) is 37.1 Å². The number of benzene rings is 2. The lowest BCUT2D eigenvalue weighted by Gasteiger charge is -2.40. The second-order valence-electron chi connectivity index (χ2n) is 18.4. The Morgan fingerprint density at radius 3 is 2.45 bits per heavy atom. The van der Waals surface area contributed by atoms with Crippen LogP contribution in [0.5, 0.6) is 0 Å². The van der Waals surface area contributed by atoms with E-state index in [1.165, 1.54) is 11.0 Å². The molecule has 3 fully saturated rings. The van der Waals surface area contributed by atoms with Gasteiger partial charge in [-0.15, -0.1) is 0 Å². The first-order valence-corrected chi connectivity index (χ1v) is 23.0. The highest BCUT2D eigenvalue weighted by Crippen LogP contribution is 2.38. The fraction of sp³-hybridized carbons (Fsp3) is 0.521. The molecule has 6 aliphatic rings. The van der Waals surface area contributed by atoms with E-state index in [0.717, 1.165) is 45.3 Å². The number of hydrogen-bond donors (Lipinski definition) is 3. The number of aryl methyl sites for hydroxylation is 2. The van der Waals surface area contributed by atoms with Gasteiger partial charge in [-0.2, -0.15) is 0 Å². The van der Waals surface area contributed by atoms with Crippen LogP contribution in [0.3, 0.4) is 0 Å². The predicted octanol–water partition coefficient (Wildman–Crippen LogP) is 6.23. The third-order valence-corrected chi connectivity index (χ3v) is 14.1. The molecule has 0 saturated carbocycles. The Balaban J connectivity index is 0.922. The summed E-state index contributed by atoms with van der Waals surface area (Å²) in [6.07, 6.45) is 5.67. The normalized spacial score (nSPS) is 24.3. The fourth-order valence-electron chi connectivity index (χ4n) is 10.3. The van der Waals surface area contributed by atoms with Gasteiger partial charge >= 0.3 is 0 Å². The van der Waals surface area contributed by atoms with Gasteiger partial charge in [0.05, 0.1) is 11.9 Å². The van der Waals surface area contributed by atoms with Gasteiger partial charge in [0, 0.05) is 86.1 Å². The first-order chi connectivity index (χ1) is 30.8. The molecule has 2 aromatic carbocycles. The van der Waals surface area contributed by atoms with Crippen molar-refractivity contribution in [2.24, 2.45) is 5.92 Å². The molecule has 0 spiro atoms. The van der Waals surface area contributed by atoms with Crippen molar-refractivity contribution in [2.45, 2.75) is 115 Å². The lowest BCUT2D eigenvalue weighted by atomic mass is 9.89. The molecular weight excluding hydrogens is 821 g/mol. The Hall–Kier alpha value is -5.77. The molecule has 16 heteroatoms. The maximum atomic E-state index is 15.6. The number of nitrogens with zero attached hydrogens (tertiary/aromatic N) is 6. The summed E-state index contributed by atoms with van der Waals surface area (Å²) in [5.41, 5.74) is 3.64. The molecule has 3 saturated heterocycles. The number of pyridine rings is 1. The summed E-state index contributed by atoms with van der Waals surface area (Å²) in [4.78, 5) is 81.2. The molecule has 8 heterocycles. The molecule has 3 N–H and O–H groups in total. The smallest absolute Gasteiger partial charge is 0.273 e. The Labute approximate surface area is 371 Å². The first-order valence-electron chi connectivity index (χ1n) is 23.0. The predicted molar refractivity (Wildman–Crippen MR) is 238 cm³/mol. The number of amides is 4. The number of carbonyl (C=O) groups excluding carboxylic acids is 4. The van der Waals surface area contributed by atoms with E-state index in [1.54, 1.807) is 40.7 Å². The van der Waals surface area contributed by atoms with Crippen LogP contribution in [-0.2, 0) is 33.4 Å². The number of imide groups is 1. The number of aromatic nitrogens is 3. The lowest BCUT2D eigenvalue weighted by molar-refractivity contribution is -0.137. The fourth-order valence-corrected chi connectivity index (χ4v) is 10.3. The van der Waals surface area contributed by atoms with Crippen LogP contribution >= 0.6 is 0 Å². The largest absolute Gasteiger partial charge is 0.376 e. The second-order valence-corrected chi connectivity index (χ2v) is 18.4. The van der Waals surface area contributed by atoms with Crippen LogP contribution in [0.4, 0.5) is 20.3 Å². The highest BCUT2D eigenvalue weighted by Gasteiger charge is 2.40. The molecule has 0 aliphatic carbocycles. The van der Waals surface area contributed by atoms with Crippen LogP contribution < -0.4 is 21.5 Å². The topological polar surface area (TPSA) is 162 Å². The zero-order valence-corrected chi connectivity index (χ0v) is 36.6. The summed E-state index contributed by atoms with van der Waals surface area (Å²) >= 11 is 0. The second kappa shape index (κ2) is 18.0. The van der Waals surface area contributed by atoms with Crippen LogP contribution in [0.1, 0.15) is 122 Å². The van der Waals surface area contributed by atoms with Gasteiger partial charge in [-0.05, 0) is 101 Å². The van der Waals surface area contributed by atoms with Crippen molar-refractivity contribution in [3.63, 3.8) is 0 Å². The van der Waals surface area contributed by atoms with E-state index < -0.39 is 17.9 Å². The van der Waals surface area contributed by atoms with Gasteiger partial charge in [-0.25, -0.2) is 18.7 Å². The standard InChI is InChI=1S/C48H57F2N9O5/c1-29-33-9-7-10-34(23-33)48(49,50)18-15-31-26-56(27-31)19-5-3-4-6-20-58-44-37(43(52-29)53-30(2)54-44)24-36(47(58)64)32-16-21-57(22-17-32)42(61)25-51-39-12-8-11-35-38(39)28-59(46(35)63)40-13-14-41(60)55-45(40)62/h7-12,23-24,29,31-32,40,51H,3-6,13-22,25-28H2,1-2H3,(H,52,53,54)(H,55,60,62)/t29-,40?/m1/s1. The molecule has 64 heavy (non-hydrogen) atoms. The van der Waals surface area contributed by atoms with Gasteiger partial charge in [0.25, 0.3) is 17.4 Å². The zero-order valence-electron chi connectivity index (χ0n) is 36.6. The summed E-state index contributed by atoms with van der Waals surface area (Å²) in [5.74, 6) is -2.96. The Kier molecular flexibility index (Phi) is 12.2. The average molecular weight is 878 g/mol. The molecule has 10 rings (SSSR count). The Morgan fingerprint density at radius 1 is 0.906 bits per heavy atom. The number of halogens is 2. The SMILES string of the molecule is Cc1nc2c3cc(C4CCN(C(=O)CNc5cccc6c5CN(C5CCC(=O)NC5=O)C6=O)CC4)c(=O)n(c3n1)CCCCCCN1CC(CCC(F)(F)c3cccc(c3)[C@@H](C)N2)C1. The lowest BCUT2D eigenvalue weighted by Crippen LogP contribution is -2.52. The van der Waals surface area contributed by atoms with Gasteiger partial charge in [0.15, 0.2) is 0 Å². The van der Waals surface area contributed by atoms with E-state index >= 15 is 8.78 Å². The molecule has 2 aromatic heterocycles. The molecule has 1 unspecified atom stereocenters. The van der Waals surface area contributed by atoms with Crippen molar-refractivity contribution in [3.05, 3.63) is 92.5 Å². The number of rotatable bonds is 5. The number of piperidine rings is 2. The third kappa shape index (κ3) is 8.85. The summed E-state index contributed by atoms with van der Waals surface area (Å²) in [6, 6.07) is 12.7. The van der Waals surface area contributed by atoms with E-state index in [4.69, 9.17) is 9.97 Å². The average Bonchev–Trinajstić information content (AvgIpc) is 3.60. The molecular formula is C48H57F2N9O5. The first kappa shape index (κ1) is 43.5. The van der Waals surface area contributed by atoms with Gasteiger partial charge in [0.1, 0.15) is 23.3 Å². The number of alkyl halides is 2. The minimum atomic E-state index is -2.94. The van der Waals surface area contributed by atoms with Crippen LogP contribution in [-0.4, -0.2) is 98.2 Å². The van der Waals surface area contributed by atoms with E-state index in [9.17, 15) is 24.0 Å². The third-order valence-electron chi connectivity index (χ3n) is 14.1. The highest BCUT2D eigenvalue weighted by atomic mass is 19.3. The molecule has 338 valence electrons. The number of anilines is 2. The molecule has 14 nitrogen and oxygen atoms in total. The number of hydrogen-bond acceptors (Lipinski definition) is 10. The maximum Gasteiger partial charge on any atom is 0.273 e. The van der Waals surface area contributed by atoms with Gasteiger partial charge < -0.3 is 25.3 Å². The Morgan fingerprint density at radius 2 is 1.67 bits per heavy atom. The number of fused-ring (bicyclic) bond motifs is 9. The number of carbonyl (C=O) groups is 4. The van der Waals surface area contributed by atoms with Crippen molar-refractivity contribution in [1.82, 2.24) is 34.6 Å². The summed E-state index contributed by atoms with van der Waals surface area (Å²) in [7, 11) is 0. The minimum Gasteiger partial charge on any atom is -0.376 e. The Bertz CT molecular complexity index is 2530. The highest BCUT2D eigenvalue weighted by molar-refractivity contribution is 6.06. The number of likely N-dealkylation sites (tertiary alicyclic amines) is 1. The van der Waals surface area contributed by atoms with Gasteiger partial charge in [0.2, 0.25) is 17.7 Å². The maximum absolute atomic E-state index is 15.6.